The monoisotopic (exact) mass is 423 g/mol. The molecular weight excluding hydrogens is 394 g/mol. The fourth-order valence-corrected chi connectivity index (χ4v) is 4.71. The molecule has 4 aromatic rings. The fourth-order valence-electron chi connectivity index (χ4n) is 4.71. The van der Waals surface area contributed by atoms with Gasteiger partial charge in [-0.2, -0.15) is 0 Å². The number of hydrogen-bond acceptors (Lipinski definition) is 3. The van der Waals surface area contributed by atoms with Crippen molar-refractivity contribution in [1.29, 1.82) is 0 Å². The lowest BCUT2D eigenvalue weighted by Crippen LogP contribution is -2.37. The Kier molecular flexibility index (Phi) is 5.83. The Morgan fingerprint density at radius 2 is 1.34 bits per heavy atom. The van der Waals surface area contributed by atoms with E-state index in [-0.39, 0.29) is 12.1 Å². The van der Waals surface area contributed by atoms with E-state index >= 15 is 0 Å². The summed E-state index contributed by atoms with van der Waals surface area (Å²) in [4.78, 5) is 6.82. The van der Waals surface area contributed by atoms with Gasteiger partial charge in [0.05, 0.1) is 5.69 Å². The molecular formula is C29H29NO2. The van der Waals surface area contributed by atoms with Gasteiger partial charge in [0.25, 0.3) is 0 Å². The van der Waals surface area contributed by atoms with Crippen molar-refractivity contribution in [3.8, 4) is 0 Å². The number of aryl methyl sites for hydroxylation is 2. The molecule has 0 radical (unpaired) electrons. The van der Waals surface area contributed by atoms with Crippen molar-refractivity contribution in [2.75, 3.05) is 5.06 Å². The number of para-hydroxylation sites is 1. The first-order chi connectivity index (χ1) is 15.8. The van der Waals surface area contributed by atoms with Crippen LogP contribution < -0.4 is 5.06 Å². The van der Waals surface area contributed by atoms with Gasteiger partial charge in [0, 0.05) is 17.5 Å². The standard InChI is InChI=1S/C29H29NO2/c1-3-4-20-25-27-26(21(2)31-25)29(23-16-10-6-11-17-23)32-30(24-18-12-7-13-19-24)28(27)22-14-8-5-9-15-22/h5-19,28-29H,3-4,20H2,1-2H3/t28-,29+/m0/s1. The molecule has 5 rings (SSSR count). The van der Waals surface area contributed by atoms with Crippen LogP contribution in [0.3, 0.4) is 0 Å². The molecule has 1 aliphatic heterocycles. The summed E-state index contributed by atoms with van der Waals surface area (Å²) in [5.74, 6) is 2.03. The third-order valence-corrected chi connectivity index (χ3v) is 6.22. The lowest BCUT2D eigenvalue weighted by Gasteiger charge is -2.41. The van der Waals surface area contributed by atoms with Crippen molar-refractivity contribution < 1.29 is 9.25 Å². The zero-order valence-electron chi connectivity index (χ0n) is 18.7. The largest absolute Gasteiger partial charge is 0.466 e. The van der Waals surface area contributed by atoms with Crippen LogP contribution in [0.5, 0.6) is 0 Å². The van der Waals surface area contributed by atoms with Crippen LogP contribution in [0.25, 0.3) is 0 Å². The second kappa shape index (κ2) is 9.05. The van der Waals surface area contributed by atoms with Gasteiger partial charge in [-0.15, -0.1) is 0 Å². The number of rotatable bonds is 6. The van der Waals surface area contributed by atoms with Crippen LogP contribution in [0, 0.1) is 6.92 Å². The summed E-state index contributed by atoms with van der Waals surface area (Å²) >= 11 is 0. The molecule has 3 heteroatoms. The lowest BCUT2D eigenvalue weighted by atomic mass is 9.87. The minimum atomic E-state index is -0.217. The first kappa shape index (κ1) is 20.6. The summed E-state index contributed by atoms with van der Waals surface area (Å²) in [5.41, 5.74) is 5.79. The van der Waals surface area contributed by atoms with Crippen molar-refractivity contribution in [3.05, 3.63) is 125 Å². The summed E-state index contributed by atoms with van der Waals surface area (Å²) in [7, 11) is 0. The highest BCUT2D eigenvalue weighted by Crippen LogP contribution is 2.49. The van der Waals surface area contributed by atoms with Crippen LogP contribution in [0.2, 0.25) is 0 Å². The highest BCUT2D eigenvalue weighted by Gasteiger charge is 2.41. The van der Waals surface area contributed by atoms with E-state index in [9.17, 15) is 0 Å². The van der Waals surface area contributed by atoms with Gasteiger partial charge in [-0.1, -0.05) is 92.2 Å². The van der Waals surface area contributed by atoms with Crippen LogP contribution in [-0.4, -0.2) is 0 Å². The number of fused-ring (bicyclic) bond motifs is 1. The Morgan fingerprint density at radius 1 is 0.750 bits per heavy atom. The Balaban J connectivity index is 1.75. The summed E-state index contributed by atoms with van der Waals surface area (Å²) < 4.78 is 6.45. The maximum Gasteiger partial charge on any atom is 0.139 e. The smallest absolute Gasteiger partial charge is 0.139 e. The lowest BCUT2D eigenvalue weighted by molar-refractivity contribution is 0.0304. The third-order valence-electron chi connectivity index (χ3n) is 6.22. The molecule has 0 spiro atoms. The first-order valence-corrected chi connectivity index (χ1v) is 11.5. The molecule has 0 N–H and O–H groups in total. The SMILES string of the molecule is CCCCc1oc(C)c2c1[C@H](c1ccccc1)N(c1ccccc1)O[C@@H]2c1ccccc1. The molecule has 32 heavy (non-hydrogen) atoms. The maximum absolute atomic E-state index is 6.82. The summed E-state index contributed by atoms with van der Waals surface area (Å²) in [6, 6.07) is 31.4. The van der Waals surface area contributed by atoms with Gasteiger partial charge >= 0.3 is 0 Å². The summed E-state index contributed by atoms with van der Waals surface area (Å²) in [6.45, 7) is 4.30. The van der Waals surface area contributed by atoms with E-state index in [1.807, 2.05) is 12.1 Å². The predicted octanol–water partition coefficient (Wildman–Crippen LogP) is 7.56. The number of unbranched alkanes of at least 4 members (excludes halogenated alkanes) is 1. The van der Waals surface area contributed by atoms with Crippen LogP contribution >= 0.6 is 0 Å². The van der Waals surface area contributed by atoms with Crippen molar-refractivity contribution in [3.63, 3.8) is 0 Å². The Labute approximate surface area is 190 Å². The van der Waals surface area contributed by atoms with Crippen LogP contribution in [0.15, 0.2) is 95.4 Å². The molecule has 1 aromatic heterocycles. The molecule has 0 saturated heterocycles. The molecule has 0 amide bonds. The second-order valence-corrected chi connectivity index (χ2v) is 8.38. The normalized spacial score (nSPS) is 17.9. The zero-order valence-corrected chi connectivity index (χ0v) is 18.7. The number of hydroxylamine groups is 1. The molecule has 3 aromatic carbocycles. The topological polar surface area (TPSA) is 25.6 Å². The summed E-state index contributed by atoms with van der Waals surface area (Å²) in [5, 5.41) is 2.08. The van der Waals surface area contributed by atoms with Gasteiger partial charge in [-0.05, 0) is 36.6 Å². The van der Waals surface area contributed by atoms with E-state index in [1.165, 1.54) is 16.7 Å². The molecule has 0 fully saturated rings. The van der Waals surface area contributed by atoms with E-state index in [2.05, 4.69) is 97.8 Å². The third kappa shape index (κ3) is 3.74. The van der Waals surface area contributed by atoms with Gasteiger partial charge in [0.15, 0.2) is 0 Å². The Bertz CT molecular complexity index is 1150. The molecule has 0 unspecified atom stereocenters. The average Bonchev–Trinajstić information content (AvgIpc) is 3.19. The average molecular weight is 424 g/mol. The highest BCUT2D eigenvalue weighted by atomic mass is 16.7. The number of hydrogen-bond donors (Lipinski definition) is 0. The fraction of sp³-hybridized carbons (Fsp3) is 0.241. The maximum atomic E-state index is 6.82. The van der Waals surface area contributed by atoms with E-state index in [4.69, 9.17) is 9.25 Å². The van der Waals surface area contributed by atoms with Crippen molar-refractivity contribution in [2.45, 2.75) is 45.3 Å². The van der Waals surface area contributed by atoms with Gasteiger partial charge < -0.3 is 4.42 Å². The van der Waals surface area contributed by atoms with Gasteiger partial charge in [0.2, 0.25) is 0 Å². The Hall–Kier alpha value is -3.30. The zero-order chi connectivity index (χ0) is 21.9. The molecule has 162 valence electrons. The molecule has 2 atom stereocenters. The number of furan rings is 1. The number of nitrogens with zero attached hydrogens (tertiary/aromatic N) is 1. The van der Waals surface area contributed by atoms with Crippen LogP contribution in [-0.2, 0) is 11.3 Å². The molecule has 0 bridgehead atoms. The highest BCUT2D eigenvalue weighted by molar-refractivity contribution is 5.56. The second-order valence-electron chi connectivity index (χ2n) is 8.38. The quantitative estimate of drug-likeness (QED) is 0.320. The predicted molar refractivity (Wildman–Crippen MR) is 129 cm³/mol. The number of anilines is 1. The van der Waals surface area contributed by atoms with Crippen molar-refractivity contribution in [2.24, 2.45) is 0 Å². The Morgan fingerprint density at radius 3 is 1.97 bits per heavy atom. The molecule has 3 nitrogen and oxygen atoms in total. The van der Waals surface area contributed by atoms with Gasteiger partial charge in [-0.3, -0.25) is 4.84 Å². The first-order valence-electron chi connectivity index (χ1n) is 11.5. The van der Waals surface area contributed by atoms with Crippen LogP contribution in [0.1, 0.15) is 65.7 Å². The van der Waals surface area contributed by atoms with E-state index in [1.54, 1.807) is 0 Å². The number of benzene rings is 3. The van der Waals surface area contributed by atoms with E-state index in [0.717, 1.165) is 42.0 Å². The minimum Gasteiger partial charge on any atom is -0.466 e. The minimum absolute atomic E-state index is 0.0714. The molecule has 0 saturated carbocycles. The van der Waals surface area contributed by atoms with Gasteiger partial charge in [0.1, 0.15) is 23.7 Å². The summed E-state index contributed by atoms with van der Waals surface area (Å²) in [6.07, 6.45) is 2.94. The van der Waals surface area contributed by atoms with Crippen molar-refractivity contribution >= 4 is 5.69 Å². The van der Waals surface area contributed by atoms with Gasteiger partial charge in [-0.25, -0.2) is 5.06 Å². The van der Waals surface area contributed by atoms with Crippen molar-refractivity contribution in [1.82, 2.24) is 0 Å². The molecule has 2 heterocycles. The molecule has 1 aliphatic rings. The van der Waals surface area contributed by atoms with E-state index < -0.39 is 0 Å². The van der Waals surface area contributed by atoms with E-state index in [0.29, 0.717) is 0 Å². The van der Waals surface area contributed by atoms with Crippen LogP contribution in [0.4, 0.5) is 5.69 Å². The molecule has 0 aliphatic carbocycles.